The highest BCUT2D eigenvalue weighted by Crippen LogP contribution is 2.29. The summed E-state index contributed by atoms with van der Waals surface area (Å²) < 4.78 is 23.0. The molecule has 1 aromatic heterocycles. The minimum Gasteiger partial charge on any atom is -0.378 e. The summed E-state index contributed by atoms with van der Waals surface area (Å²) in [5.74, 6) is 1.15. The number of hydrogen-bond acceptors (Lipinski definition) is 5. The lowest BCUT2D eigenvalue weighted by Crippen LogP contribution is -2.47. The third-order valence-corrected chi connectivity index (χ3v) is 8.92. The summed E-state index contributed by atoms with van der Waals surface area (Å²) in [7, 11) is 2.09. The van der Waals surface area contributed by atoms with Crippen LogP contribution in [-0.2, 0) is 18.3 Å². The number of carbonyl (C=O) groups is 1. The zero-order valence-electron chi connectivity index (χ0n) is 23.5. The highest BCUT2D eigenvalue weighted by molar-refractivity contribution is 5.92. The quantitative estimate of drug-likeness (QED) is 0.454. The molecule has 9 heteroatoms. The maximum Gasteiger partial charge on any atom is 0.322 e. The number of anilines is 2. The van der Waals surface area contributed by atoms with Crippen molar-refractivity contribution in [3.05, 3.63) is 54.1 Å². The van der Waals surface area contributed by atoms with Crippen molar-refractivity contribution in [3.63, 3.8) is 0 Å². The van der Waals surface area contributed by atoms with Crippen molar-refractivity contribution in [1.82, 2.24) is 19.8 Å². The van der Waals surface area contributed by atoms with Crippen molar-refractivity contribution in [2.75, 3.05) is 55.7 Å². The van der Waals surface area contributed by atoms with Crippen LogP contribution in [-0.4, -0.2) is 72.5 Å². The predicted molar refractivity (Wildman–Crippen MR) is 156 cm³/mol. The zero-order valence-corrected chi connectivity index (χ0v) is 23.5. The van der Waals surface area contributed by atoms with Gasteiger partial charge in [-0.3, -0.25) is 9.80 Å². The van der Waals surface area contributed by atoms with Gasteiger partial charge in [0, 0.05) is 38.4 Å². The standard InChI is InChI=1S/C31H41FN6O2/c1-35-29-9-5-4-8-27(29)34-30(35)22-36-14-12-23(13-15-36)21-38(31(39)33-24-6-2-3-7-24)25-10-11-28(26(32)20-25)37-16-18-40-19-17-37/h4-5,8-11,20,23-24H,2-3,6-7,12-19,21-22H2,1H3,(H,33,39). The van der Waals surface area contributed by atoms with E-state index in [1.54, 1.807) is 11.0 Å². The molecule has 1 N–H and O–H groups in total. The summed E-state index contributed by atoms with van der Waals surface area (Å²) in [5.41, 5.74) is 3.40. The summed E-state index contributed by atoms with van der Waals surface area (Å²) in [5, 5.41) is 3.24. The van der Waals surface area contributed by atoms with E-state index in [9.17, 15) is 4.79 Å². The second-order valence-corrected chi connectivity index (χ2v) is 11.6. The lowest BCUT2D eigenvalue weighted by atomic mass is 9.96. The van der Waals surface area contributed by atoms with Gasteiger partial charge in [-0.25, -0.2) is 14.2 Å². The molecule has 3 aliphatic rings. The van der Waals surface area contributed by atoms with Crippen molar-refractivity contribution >= 4 is 28.4 Å². The molecule has 2 aromatic carbocycles. The fraction of sp³-hybridized carbons (Fsp3) is 0.548. The molecule has 0 bridgehead atoms. The fourth-order valence-corrected chi connectivity index (χ4v) is 6.47. The molecule has 2 aliphatic heterocycles. The average molecular weight is 549 g/mol. The van der Waals surface area contributed by atoms with Gasteiger partial charge in [-0.2, -0.15) is 0 Å². The number of hydrogen-bond donors (Lipinski definition) is 1. The number of nitrogens with zero attached hydrogens (tertiary/aromatic N) is 5. The summed E-state index contributed by atoms with van der Waals surface area (Å²) in [6.45, 7) is 5.88. The Labute approximate surface area is 236 Å². The first kappa shape index (κ1) is 27.0. The number of amides is 2. The summed E-state index contributed by atoms with van der Waals surface area (Å²) >= 11 is 0. The van der Waals surface area contributed by atoms with Gasteiger partial charge in [-0.15, -0.1) is 0 Å². The molecule has 0 radical (unpaired) electrons. The lowest BCUT2D eigenvalue weighted by molar-refractivity contribution is 0.122. The number of fused-ring (bicyclic) bond motifs is 1. The SMILES string of the molecule is Cn1c(CN2CCC(CN(C(=O)NC3CCCC3)c3ccc(N4CCOCC4)c(F)c3)CC2)nc2ccccc21. The molecule has 8 nitrogen and oxygen atoms in total. The summed E-state index contributed by atoms with van der Waals surface area (Å²) in [4.78, 5) is 24.7. The minimum absolute atomic E-state index is 0.104. The number of benzene rings is 2. The Hall–Kier alpha value is -3.17. The van der Waals surface area contributed by atoms with E-state index in [2.05, 4.69) is 40.0 Å². The average Bonchev–Trinajstić information content (AvgIpc) is 3.60. The molecule has 3 aromatic rings. The van der Waals surface area contributed by atoms with Crippen LogP contribution in [0.2, 0.25) is 0 Å². The first-order chi connectivity index (χ1) is 19.5. The van der Waals surface area contributed by atoms with E-state index in [1.807, 2.05) is 23.1 Å². The molecule has 3 fully saturated rings. The molecule has 1 saturated carbocycles. The molecule has 0 unspecified atom stereocenters. The second kappa shape index (κ2) is 12.1. The fourth-order valence-electron chi connectivity index (χ4n) is 6.47. The monoisotopic (exact) mass is 548 g/mol. The molecule has 3 heterocycles. The van der Waals surface area contributed by atoms with Gasteiger partial charge in [0.15, 0.2) is 0 Å². The summed E-state index contributed by atoms with van der Waals surface area (Å²) in [6, 6.07) is 13.6. The van der Waals surface area contributed by atoms with Crippen LogP contribution < -0.4 is 15.1 Å². The number of imidazole rings is 1. The van der Waals surface area contributed by atoms with Crippen LogP contribution in [0.5, 0.6) is 0 Å². The predicted octanol–water partition coefficient (Wildman–Crippen LogP) is 4.92. The van der Waals surface area contributed by atoms with E-state index in [-0.39, 0.29) is 17.9 Å². The highest BCUT2D eigenvalue weighted by atomic mass is 19.1. The van der Waals surface area contributed by atoms with Gasteiger partial charge >= 0.3 is 6.03 Å². The molecule has 0 atom stereocenters. The van der Waals surface area contributed by atoms with Crippen LogP contribution in [0.4, 0.5) is 20.6 Å². The van der Waals surface area contributed by atoms with Crippen molar-refractivity contribution in [1.29, 1.82) is 0 Å². The number of ether oxygens (including phenoxy) is 1. The van der Waals surface area contributed by atoms with Crippen LogP contribution in [0.1, 0.15) is 44.3 Å². The molecule has 6 rings (SSSR count). The van der Waals surface area contributed by atoms with Gasteiger partial charge in [0.25, 0.3) is 0 Å². The van der Waals surface area contributed by atoms with E-state index in [1.165, 1.54) is 0 Å². The molecule has 2 saturated heterocycles. The molecule has 0 spiro atoms. The van der Waals surface area contributed by atoms with Crippen molar-refractivity contribution in [2.24, 2.45) is 13.0 Å². The number of para-hydroxylation sites is 2. The molecule has 2 amide bonds. The van der Waals surface area contributed by atoms with Gasteiger partial charge in [0.1, 0.15) is 11.6 Å². The van der Waals surface area contributed by atoms with Crippen LogP contribution in [0.25, 0.3) is 11.0 Å². The van der Waals surface area contributed by atoms with Crippen molar-refractivity contribution in [2.45, 2.75) is 51.1 Å². The Kier molecular flexibility index (Phi) is 8.20. The van der Waals surface area contributed by atoms with Gasteiger partial charge in [0.2, 0.25) is 0 Å². The van der Waals surface area contributed by atoms with Crippen LogP contribution in [0.15, 0.2) is 42.5 Å². The minimum atomic E-state index is -0.282. The number of aromatic nitrogens is 2. The van der Waals surface area contributed by atoms with Crippen LogP contribution in [0.3, 0.4) is 0 Å². The van der Waals surface area contributed by atoms with Crippen molar-refractivity contribution in [3.8, 4) is 0 Å². The Morgan fingerprint density at radius 2 is 1.80 bits per heavy atom. The molecular weight excluding hydrogens is 507 g/mol. The number of nitrogens with one attached hydrogen (secondary N) is 1. The first-order valence-electron chi connectivity index (χ1n) is 14.9. The Balaban J connectivity index is 1.13. The number of piperidine rings is 1. The van der Waals surface area contributed by atoms with Crippen molar-refractivity contribution < 1.29 is 13.9 Å². The lowest BCUT2D eigenvalue weighted by Gasteiger charge is -2.35. The number of urea groups is 1. The number of halogens is 1. The Morgan fingerprint density at radius 1 is 1.05 bits per heavy atom. The van der Waals surface area contributed by atoms with Gasteiger partial charge in [-0.1, -0.05) is 25.0 Å². The third-order valence-electron chi connectivity index (χ3n) is 8.92. The normalized spacial score (nSPS) is 19.4. The first-order valence-corrected chi connectivity index (χ1v) is 14.9. The van der Waals surface area contributed by atoms with Gasteiger partial charge in [-0.05, 0) is 75.0 Å². The molecule has 40 heavy (non-hydrogen) atoms. The van der Waals surface area contributed by atoms with Gasteiger partial charge < -0.3 is 19.5 Å². The molecule has 214 valence electrons. The smallest absolute Gasteiger partial charge is 0.322 e. The van der Waals surface area contributed by atoms with E-state index in [0.29, 0.717) is 50.1 Å². The maximum absolute atomic E-state index is 15.4. The topological polar surface area (TPSA) is 65.9 Å². The Bertz CT molecular complexity index is 1310. The third kappa shape index (κ3) is 5.95. The van der Waals surface area contributed by atoms with E-state index < -0.39 is 0 Å². The Morgan fingerprint density at radius 3 is 2.52 bits per heavy atom. The largest absolute Gasteiger partial charge is 0.378 e. The van der Waals surface area contributed by atoms with Crippen LogP contribution in [0, 0.1) is 11.7 Å². The maximum atomic E-state index is 15.4. The van der Waals surface area contributed by atoms with E-state index in [4.69, 9.17) is 9.72 Å². The second-order valence-electron chi connectivity index (χ2n) is 11.6. The number of aryl methyl sites for hydroxylation is 1. The van der Waals surface area contributed by atoms with E-state index >= 15 is 4.39 Å². The number of carbonyl (C=O) groups excluding carboxylic acids is 1. The molecular formula is C31H41FN6O2. The molecule has 1 aliphatic carbocycles. The highest BCUT2D eigenvalue weighted by Gasteiger charge is 2.28. The van der Waals surface area contributed by atoms with E-state index in [0.717, 1.165) is 75.0 Å². The summed E-state index contributed by atoms with van der Waals surface area (Å²) in [6.07, 6.45) is 6.32. The number of likely N-dealkylation sites (tertiary alicyclic amines) is 1. The number of rotatable bonds is 7. The number of morpholine rings is 1. The van der Waals surface area contributed by atoms with Gasteiger partial charge in [0.05, 0.1) is 36.5 Å². The van der Waals surface area contributed by atoms with Crippen LogP contribution >= 0.6 is 0 Å². The zero-order chi connectivity index (χ0) is 27.5.